The molecule has 0 bridgehead atoms. The second kappa shape index (κ2) is 48.9. The molecule has 25 atom stereocenters. The number of benzene rings is 3. The molecule has 9 rings (SSSR count). The van der Waals surface area contributed by atoms with Crippen LogP contribution in [0.2, 0.25) is 0 Å². The van der Waals surface area contributed by atoms with Crippen molar-refractivity contribution in [2.24, 2.45) is 0 Å². The molecule has 6 aliphatic heterocycles. The number of hydrogen-bond acceptors (Lipinski definition) is 20. The van der Waals surface area contributed by atoms with Gasteiger partial charge in [-0.05, 0) is 148 Å². The molecule has 0 spiro atoms. The molecule has 3 aromatic rings. The topological polar surface area (TPSA) is 415 Å². The van der Waals surface area contributed by atoms with Crippen LogP contribution in [0.1, 0.15) is 132 Å². The van der Waals surface area contributed by atoms with Crippen molar-refractivity contribution in [3.05, 3.63) is 179 Å². The molecule has 4 unspecified atom stereocenters. The second-order valence-corrected chi connectivity index (χ2v) is 38.9. The predicted octanol–water partition coefficient (Wildman–Crippen LogP) is 14.0. The van der Waals surface area contributed by atoms with Gasteiger partial charge in [-0.1, -0.05) is 91.0 Å². The molecule has 40 heteroatoms. The number of rotatable bonds is 29. The summed E-state index contributed by atoms with van der Waals surface area (Å²) in [5.74, 6) is -5.15. The minimum absolute atomic E-state index is 0.239. The molecule has 0 amide bonds. The monoisotopic (exact) mass is 1790 g/mol. The normalized spacial score (nSPS) is 33.9. The average Bonchev–Trinajstić information content (AvgIpc) is 1.76. The summed E-state index contributed by atoms with van der Waals surface area (Å²) in [7, 11) is -25.8. The van der Waals surface area contributed by atoms with E-state index in [9.17, 15) is 73.3 Å². The molecule has 0 radical (unpaired) electrons. The maximum Gasteiger partial charge on any atom is 0.348 e. The Kier molecular flexibility index (Phi) is 37.3. The third-order valence-electron chi connectivity index (χ3n) is 15.7. The van der Waals surface area contributed by atoms with E-state index in [2.05, 4.69) is 0 Å². The van der Waals surface area contributed by atoms with Crippen molar-refractivity contribution in [3.8, 4) is 0 Å². The van der Waals surface area contributed by atoms with E-state index in [1.165, 1.54) is 0 Å². The van der Waals surface area contributed by atoms with Gasteiger partial charge in [0.15, 0.2) is 37.0 Å². The Morgan fingerprint density at radius 2 is 0.603 bits per heavy atom. The Morgan fingerprint density at radius 1 is 0.362 bits per heavy atom. The van der Waals surface area contributed by atoms with E-state index in [4.69, 9.17) is 100 Å². The molecule has 6 heterocycles. The van der Waals surface area contributed by atoms with E-state index < -0.39 is 245 Å². The van der Waals surface area contributed by atoms with Gasteiger partial charge in [-0.15, -0.1) is 0 Å². The van der Waals surface area contributed by atoms with Crippen molar-refractivity contribution in [1.29, 1.82) is 0 Å². The first-order valence-electron chi connectivity index (χ1n) is 41.5. The van der Waals surface area contributed by atoms with E-state index in [1.54, 1.807) is 174 Å². The van der Waals surface area contributed by atoms with Crippen LogP contribution < -0.4 is 0 Å². The molecule has 10 N–H and O–H groups in total. The standard InChI is InChI=1S/C16H22FO5P.C16H22FO4P.C15H20FO5P.C10H18FO5P.C10H18FO4P.C9H16FO5P/c1-11(2)21-16-13(8-9-23(19,20)10-18)22-15(14(16)17)12-6-4-3-5-7-12;1-11(2)20-16-13(9-10-22(3,18)19)21-15(14(16)17)12-7-5-4-6-8-12;1-10(2)20-15-12(8-9-22(17,18)19)21-14(13(15)16)11-6-4-3-5-7-11;1-7(2)16-10-8(11)5-15-9(10)3-4-17(13,14)6-12;1-7(2)15-10-8(11)6-14-9(10)4-5-16(3,12)13;1-6(2)15-9-7(10)5-14-8(9)3-4-16(11,12)13/h3-9,11,13-16,18H,10H2,1-2H3,(H,19,20);4-11,13-16H,1-3H3,(H,18,19);3-10,12-15H,1-2H3,(H2,17,18,19);3-4,7-10,12H,5-6H2,1-2H3,(H,13,14);4-5,7-10H,6H2,1-3H3,(H,12,13);3-4,6-9H,5H2,1-2H3,(H2,11,12,13)/b9-8+;10-9+;9-8+;4-3+;5-4+;4-3+/t2*13-,14+,15+,16-;12-,13+,14+,15-;2*8-,9+,10-;7-,8+,9-/m111000/s1/i9D;9D,10D;9D;3D,4D;4D,5D;3D,4D. The van der Waals surface area contributed by atoms with Crippen LogP contribution in [0.25, 0.3) is 0 Å². The van der Waals surface area contributed by atoms with E-state index in [-0.39, 0.29) is 56.4 Å². The van der Waals surface area contributed by atoms with Gasteiger partial charge in [0.1, 0.15) is 104 Å². The summed E-state index contributed by atoms with van der Waals surface area (Å²) in [6.07, 6.45) is -26.9. The number of alkyl halides is 6. The number of halogens is 6. The Labute approximate surface area is 688 Å². The Hall–Kier alpha value is -3.82. The number of aliphatic hydroxyl groups is 2. The fourth-order valence-corrected chi connectivity index (χ4v) is 13.3. The molecular formula is C76H116F6O28P6. The molecule has 6 aliphatic rings. The van der Waals surface area contributed by atoms with Crippen LogP contribution in [-0.2, 0) is 84.2 Å². The van der Waals surface area contributed by atoms with Crippen LogP contribution in [-0.4, -0.2) is 242 Å². The number of hydrogen-bond donors (Lipinski definition) is 10. The van der Waals surface area contributed by atoms with Gasteiger partial charge in [-0.3, -0.25) is 27.4 Å². The van der Waals surface area contributed by atoms with Crippen molar-refractivity contribution >= 4 is 44.7 Å². The Bertz CT molecular complexity index is 4370. The fraction of sp³-hybridized carbons (Fsp3) is 0.605. The number of ether oxygens (including phenoxy) is 12. The minimum Gasteiger partial charge on any atom is -0.386 e. The highest BCUT2D eigenvalue weighted by Gasteiger charge is 2.49. The molecule has 116 heavy (non-hydrogen) atoms. The maximum absolute atomic E-state index is 14.9. The van der Waals surface area contributed by atoms with Crippen molar-refractivity contribution < 1.29 is 174 Å². The molecule has 660 valence electrons. The molecule has 6 fully saturated rings. The maximum atomic E-state index is 14.9. The van der Waals surface area contributed by atoms with E-state index >= 15 is 0 Å². The summed E-state index contributed by atoms with van der Waals surface area (Å²) in [4.78, 5) is 73.3. The van der Waals surface area contributed by atoms with Gasteiger partial charge in [0.05, 0.1) is 70.2 Å². The highest BCUT2D eigenvalue weighted by Crippen LogP contribution is 2.47. The van der Waals surface area contributed by atoms with Gasteiger partial charge < -0.3 is 106 Å². The van der Waals surface area contributed by atoms with E-state index in [0.29, 0.717) is 16.7 Å². The Balaban J connectivity index is 0.000000318. The zero-order chi connectivity index (χ0) is 96.1. The first-order chi connectivity index (χ1) is 58.1. The molecule has 6 saturated heterocycles. The van der Waals surface area contributed by atoms with Crippen molar-refractivity contribution in [3.63, 3.8) is 0 Å². The fourth-order valence-electron chi connectivity index (χ4n) is 11.1. The molecule has 0 saturated carbocycles. The summed E-state index contributed by atoms with van der Waals surface area (Å²) < 4.78 is 294. The third-order valence-corrected chi connectivity index (χ3v) is 19.5. The molecule has 0 aliphatic carbocycles. The quantitative estimate of drug-likeness (QED) is 0.0228. The van der Waals surface area contributed by atoms with Crippen molar-refractivity contribution in [2.75, 3.05) is 45.8 Å². The van der Waals surface area contributed by atoms with Gasteiger partial charge in [-0.2, -0.15) is 0 Å². The van der Waals surface area contributed by atoms with Crippen LogP contribution in [0.5, 0.6) is 0 Å². The first kappa shape index (κ1) is 88.5. The van der Waals surface area contributed by atoms with Crippen LogP contribution in [0, 0.1) is 0 Å². The highest BCUT2D eigenvalue weighted by atomic mass is 31.2. The highest BCUT2D eigenvalue weighted by molar-refractivity contribution is 7.61. The number of aliphatic hydroxyl groups excluding tert-OH is 2. The molecule has 3 aromatic carbocycles. The lowest BCUT2D eigenvalue weighted by atomic mass is 10.0. The van der Waals surface area contributed by atoms with Crippen LogP contribution in [0.15, 0.2) is 162 Å². The lowest BCUT2D eigenvalue weighted by molar-refractivity contribution is -0.0388. The third kappa shape index (κ3) is 38.3. The smallest absolute Gasteiger partial charge is 0.348 e. The first-order valence-corrected chi connectivity index (χ1v) is 47.6. The molecule has 28 nitrogen and oxygen atoms in total. The second-order valence-electron chi connectivity index (χ2n) is 28.4. The lowest BCUT2D eigenvalue weighted by Crippen LogP contribution is -2.32. The van der Waals surface area contributed by atoms with Gasteiger partial charge >= 0.3 is 15.2 Å². The largest absolute Gasteiger partial charge is 0.386 e. The van der Waals surface area contributed by atoms with Gasteiger partial charge in [0.25, 0.3) is 0 Å². The van der Waals surface area contributed by atoms with Gasteiger partial charge in [0, 0.05) is 36.5 Å². The summed E-state index contributed by atoms with van der Waals surface area (Å²) >= 11 is 0. The van der Waals surface area contributed by atoms with E-state index in [0.717, 1.165) is 25.5 Å². The van der Waals surface area contributed by atoms with Gasteiger partial charge in [0.2, 0.25) is 29.5 Å². The van der Waals surface area contributed by atoms with Crippen LogP contribution in [0.3, 0.4) is 0 Å². The predicted molar refractivity (Wildman–Crippen MR) is 425 cm³/mol. The van der Waals surface area contributed by atoms with Crippen molar-refractivity contribution in [2.45, 2.75) is 248 Å². The molecular weight excluding hydrogens is 1660 g/mol. The molecule has 0 aromatic heterocycles. The summed E-state index contributed by atoms with van der Waals surface area (Å²) in [5.41, 5.74) is 1.82. The Morgan fingerprint density at radius 3 is 0.879 bits per heavy atom. The SMILES string of the molecule is [2H]/C(=C(/[2H])P(=O)(O)CO)[C@H]1OC[C@H](F)[C@@H]1OC(C)C.[2H]/C(=C(/[2H])P(=O)(O)O)[C@H]1OC[C@H](F)[C@@H]1OC(C)C.[2H]/C(=C(/[2H])P(C)(=O)O)[C@H]1OC[C@H](F)[C@@H]1OC(C)C.[2H]/C(=C(/[2H])P(C)(=O)O)[C@H]1O[C@@H](c2ccccc2)[C@H](F)[C@@H]1OC(C)C.[2H]/C(=C\[C@H]1O[C@@H](c2ccccc2)[C@H](F)[C@@H]1OC(C)C)P(=O)(O)CO.[2H]/C(=C\[C@H]1O[C@@H](c2ccccc2)[C@H](F)[C@@H]1OC(C)C)P(=O)(O)O. The van der Waals surface area contributed by atoms with E-state index in [1.807, 2.05) is 0 Å². The van der Waals surface area contributed by atoms with Crippen LogP contribution >= 0.6 is 44.7 Å². The van der Waals surface area contributed by atoms with Gasteiger partial charge in [-0.25, -0.2) is 26.3 Å². The summed E-state index contributed by atoms with van der Waals surface area (Å²) in [6, 6.07) is 23.8. The van der Waals surface area contributed by atoms with Crippen molar-refractivity contribution in [1.82, 2.24) is 0 Å². The summed E-state index contributed by atoms with van der Waals surface area (Å²) in [6.45, 7) is 21.6. The minimum atomic E-state index is -4.85. The zero-order valence-corrected chi connectivity index (χ0v) is 71.6. The zero-order valence-electron chi connectivity index (χ0n) is 76.2. The summed E-state index contributed by atoms with van der Waals surface area (Å²) in [5, 5.41) is 17.6. The average molecular weight is 1790 g/mol. The van der Waals surface area contributed by atoms with Crippen LogP contribution in [0.4, 0.5) is 26.3 Å². The lowest BCUT2D eigenvalue weighted by Gasteiger charge is -2.20.